The van der Waals surface area contributed by atoms with Gasteiger partial charge in [-0.15, -0.1) is 0 Å². The van der Waals surface area contributed by atoms with Gasteiger partial charge >= 0.3 is 0 Å². The number of hydrogen-bond acceptors (Lipinski definition) is 1. The average Bonchev–Trinajstić information content (AvgIpc) is 3.24. The molecule has 0 fully saturated rings. The third-order valence-electron chi connectivity index (χ3n) is 10.3. The van der Waals surface area contributed by atoms with E-state index in [2.05, 4.69) is 230 Å². The predicted molar refractivity (Wildman–Crippen MR) is 233 cm³/mol. The highest BCUT2D eigenvalue weighted by molar-refractivity contribution is 6.21. The number of rotatable bonds is 8. The van der Waals surface area contributed by atoms with Crippen molar-refractivity contribution in [3.05, 3.63) is 223 Å². The van der Waals surface area contributed by atoms with Gasteiger partial charge in [0.15, 0.2) is 0 Å². The zero-order chi connectivity index (χ0) is 36.3. The first-order chi connectivity index (χ1) is 26.7. The first-order valence-corrected chi connectivity index (χ1v) is 18.6. The predicted octanol–water partition coefficient (Wildman–Crippen LogP) is 14.9. The molecule has 0 saturated heterocycles. The molecule has 0 bridgehead atoms. The van der Waals surface area contributed by atoms with Gasteiger partial charge in [-0.25, -0.2) is 0 Å². The standard InChI is InChI=1S/C53H39N/c1-38-13-12-18-47(37-38)54(45-16-6-3-7-17-45)46-35-33-44(34-36-46)53-50-21-10-8-19-48(50)52(49-20-9-11-22-51(49)53)43-31-27-40(28-32-43)24-23-39-25-29-42(30-26-39)41-14-4-2-5-15-41/h2-37H,1H3. The van der Waals surface area contributed by atoms with E-state index in [4.69, 9.17) is 0 Å². The molecule has 0 heterocycles. The Hall–Kier alpha value is -6.96. The summed E-state index contributed by atoms with van der Waals surface area (Å²) in [6.45, 7) is 2.15. The second-order valence-electron chi connectivity index (χ2n) is 13.8. The molecule has 0 saturated carbocycles. The molecule has 9 aromatic rings. The van der Waals surface area contributed by atoms with Gasteiger partial charge in [0.2, 0.25) is 0 Å². The Bertz CT molecular complexity index is 2670. The highest BCUT2D eigenvalue weighted by Crippen LogP contribution is 2.44. The summed E-state index contributed by atoms with van der Waals surface area (Å²) in [5.41, 5.74) is 14.4. The fraction of sp³-hybridized carbons (Fsp3) is 0.0189. The first kappa shape index (κ1) is 32.9. The minimum atomic E-state index is 1.12. The molecule has 0 aromatic heterocycles. The van der Waals surface area contributed by atoms with Crippen molar-refractivity contribution >= 4 is 50.8 Å². The summed E-state index contributed by atoms with van der Waals surface area (Å²) in [5, 5.41) is 5.01. The van der Waals surface area contributed by atoms with Gasteiger partial charge in [0.05, 0.1) is 0 Å². The van der Waals surface area contributed by atoms with Crippen LogP contribution in [0.25, 0.3) is 67.1 Å². The Morgan fingerprint density at radius 1 is 0.315 bits per heavy atom. The average molecular weight is 690 g/mol. The molecule has 0 radical (unpaired) electrons. The van der Waals surface area contributed by atoms with E-state index in [-0.39, 0.29) is 0 Å². The summed E-state index contributed by atoms with van der Waals surface area (Å²) in [6.07, 6.45) is 4.39. The van der Waals surface area contributed by atoms with Gasteiger partial charge in [-0.3, -0.25) is 0 Å². The second-order valence-corrected chi connectivity index (χ2v) is 13.8. The number of benzene rings is 9. The lowest BCUT2D eigenvalue weighted by Crippen LogP contribution is -2.09. The van der Waals surface area contributed by atoms with Crippen LogP contribution in [0, 0.1) is 6.92 Å². The molecule has 9 rings (SSSR count). The highest BCUT2D eigenvalue weighted by atomic mass is 15.1. The van der Waals surface area contributed by atoms with Crippen molar-refractivity contribution < 1.29 is 0 Å². The van der Waals surface area contributed by atoms with E-state index in [1.807, 2.05) is 0 Å². The molecule has 1 heteroatoms. The Labute approximate surface area is 317 Å². The number of hydrogen-bond donors (Lipinski definition) is 0. The normalized spacial score (nSPS) is 11.4. The van der Waals surface area contributed by atoms with Crippen molar-refractivity contribution in [1.29, 1.82) is 0 Å². The molecule has 0 amide bonds. The molecule has 0 atom stereocenters. The lowest BCUT2D eigenvalue weighted by atomic mass is 9.86. The number of nitrogens with zero attached hydrogens (tertiary/aromatic N) is 1. The minimum Gasteiger partial charge on any atom is -0.310 e. The van der Waals surface area contributed by atoms with E-state index in [9.17, 15) is 0 Å². The minimum absolute atomic E-state index is 1.12. The monoisotopic (exact) mass is 689 g/mol. The van der Waals surface area contributed by atoms with Gasteiger partial charge in [0.1, 0.15) is 0 Å². The van der Waals surface area contributed by atoms with E-state index in [0.717, 1.165) is 17.1 Å². The zero-order valence-corrected chi connectivity index (χ0v) is 30.2. The Balaban J connectivity index is 1.07. The summed E-state index contributed by atoms with van der Waals surface area (Å²) in [6, 6.07) is 74.4. The third-order valence-corrected chi connectivity index (χ3v) is 10.3. The third kappa shape index (κ3) is 6.49. The number of fused-ring (bicyclic) bond motifs is 2. The molecular formula is C53H39N. The molecule has 9 aromatic carbocycles. The Kier molecular flexibility index (Phi) is 8.89. The van der Waals surface area contributed by atoms with Crippen LogP contribution in [0.2, 0.25) is 0 Å². The van der Waals surface area contributed by atoms with Crippen molar-refractivity contribution in [2.24, 2.45) is 0 Å². The van der Waals surface area contributed by atoms with Crippen LogP contribution >= 0.6 is 0 Å². The number of para-hydroxylation sites is 1. The van der Waals surface area contributed by atoms with Gasteiger partial charge in [0.25, 0.3) is 0 Å². The molecule has 0 aliphatic carbocycles. The lowest BCUT2D eigenvalue weighted by molar-refractivity contribution is 1.27. The topological polar surface area (TPSA) is 3.24 Å². The Morgan fingerprint density at radius 3 is 1.20 bits per heavy atom. The number of anilines is 3. The van der Waals surface area contributed by atoms with Crippen LogP contribution < -0.4 is 4.90 Å². The van der Waals surface area contributed by atoms with Crippen LogP contribution in [-0.2, 0) is 0 Å². The second kappa shape index (κ2) is 14.6. The molecule has 0 N–H and O–H groups in total. The van der Waals surface area contributed by atoms with Crippen LogP contribution in [-0.4, -0.2) is 0 Å². The van der Waals surface area contributed by atoms with E-state index in [0.29, 0.717) is 0 Å². The molecule has 1 nitrogen and oxygen atoms in total. The molecule has 0 unspecified atom stereocenters. The van der Waals surface area contributed by atoms with Gasteiger partial charge in [-0.1, -0.05) is 182 Å². The van der Waals surface area contributed by atoms with Gasteiger partial charge < -0.3 is 4.90 Å². The number of aryl methyl sites for hydroxylation is 1. The van der Waals surface area contributed by atoms with Crippen molar-refractivity contribution in [2.75, 3.05) is 4.90 Å². The van der Waals surface area contributed by atoms with Gasteiger partial charge in [0, 0.05) is 17.1 Å². The van der Waals surface area contributed by atoms with E-state index in [1.54, 1.807) is 0 Å². The maximum Gasteiger partial charge on any atom is 0.0464 e. The molecule has 54 heavy (non-hydrogen) atoms. The van der Waals surface area contributed by atoms with Crippen LogP contribution in [0.15, 0.2) is 206 Å². The molecule has 0 aliphatic rings. The maximum atomic E-state index is 2.33. The quantitative estimate of drug-likeness (QED) is 0.113. The van der Waals surface area contributed by atoms with Crippen molar-refractivity contribution in [3.63, 3.8) is 0 Å². The van der Waals surface area contributed by atoms with Crippen LogP contribution in [0.3, 0.4) is 0 Å². The summed E-state index contributed by atoms with van der Waals surface area (Å²) in [5.74, 6) is 0. The SMILES string of the molecule is Cc1cccc(N(c2ccccc2)c2ccc(-c3c4ccccc4c(-c4ccc(C=Cc5ccc(-c6ccccc6)cc5)cc4)c4ccccc34)cc2)c1. The summed E-state index contributed by atoms with van der Waals surface area (Å²) < 4.78 is 0. The van der Waals surface area contributed by atoms with Crippen LogP contribution in [0.1, 0.15) is 16.7 Å². The van der Waals surface area contributed by atoms with Crippen LogP contribution in [0.4, 0.5) is 17.1 Å². The smallest absolute Gasteiger partial charge is 0.0464 e. The summed E-state index contributed by atoms with van der Waals surface area (Å²) >= 11 is 0. The zero-order valence-electron chi connectivity index (χ0n) is 30.2. The van der Waals surface area contributed by atoms with Gasteiger partial charge in [-0.2, -0.15) is 0 Å². The first-order valence-electron chi connectivity index (χ1n) is 18.6. The molecule has 256 valence electrons. The fourth-order valence-corrected chi connectivity index (χ4v) is 7.69. The molecular weight excluding hydrogens is 651 g/mol. The summed E-state index contributed by atoms with van der Waals surface area (Å²) in [7, 11) is 0. The highest BCUT2D eigenvalue weighted by Gasteiger charge is 2.18. The summed E-state index contributed by atoms with van der Waals surface area (Å²) in [4.78, 5) is 2.33. The van der Waals surface area contributed by atoms with Crippen molar-refractivity contribution in [3.8, 4) is 33.4 Å². The van der Waals surface area contributed by atoms with E-state index in [1.165, 1.54) is 71.6 Å². The van der Waals surface area contributed by atoms with E-state index >= 15 is 0 Å². The molecule has 0 spiro atoms. The largest absolute Gasteiger partial charge is 0.310 e. The fourth-order valence-electron chi connectivity index (χ4n) is 7.69. The molecule has 0 aliphatic heterocycles. The van der Waals surface area contributed by atoms with Crippen molar-refractivity contribution in [1.82, 2.24) is 0 Å². The van der Waals surface area contributed by atoms with Gasteiger partial charge in [-0.05, 0) is 115 Å². The van der Waals surface area contributed by atoms with Crippen molar-refractivity contribution in [2.45, 2.75) is 6.92 Å². The Morgan fingerprint density at radius 2 is 0.704 bits per heavy atom. The van der Waals surface area contributed by atoms with E-state index < -0.39 is 0 Å². The maximum absolute atomic E-state index is 2.33. The van der Waals surface area contributed by atoms with Crippen LogP contribution in [0.5, 0.6) is 0 Å². The lowest BCUT2D eigenvalue weighted by Gasteiger charge is -2.26.